The number of rotatable bonds is 6. The molecule has 1 aliphatic rings. The van der Waals surface area contributed by atoms with Crippen molar-refractivity contribution in [2.75, 3.05) is 6.54 Å². The second kappa shape index (κ2) is 5.10. The third-order valence-electron chi connectivity index (χ3n) is 3.16. The summed E-state index contributed by atoms with van der Waals surface area (Å²) >= 11 is 1.78. The zero-order valence-electron chi connectivity index (χ0n) is 9.33. The van der Waals surface area contributed by atoms with E-state index in [-0.39, 0.29) is 0 Å². The van der Waals surface area contributed by atoms with Crippen molar-refractivity contribution in [3.05, 3.63) is 21.9 Å². The van der Waals surface area contributed by atoms with E-state index in [1.54, 1.807) is 11.3 Å². The minimum atomic E-state index is 0.432. The fourth-order valence-electron chi connectivity index (χ4n) is 1.82. The van der Waals surface area contributed by atoms with Crippen LogP contribution in [-0.4, -0.2) is 12.6 Å². The Kier molecular flexibility index (Phi) is 3.78. The third kappa shape index (κ3) is 3.30. The minimum absolute atomic E-state index is 0.432. The average Bonchev–Trinajstić information content (AvgIpc) is 2.99. The Morgan fingerprint density at radius 3 is 2.93 bits per heavy atom. The lowest BCUT2D eigenvalue weighted by Gasteiger charge is -2.10. The van der Waals surface area contributed by atoms with E-state index in [0.29, 0.717) is 6.04 Å². The van der Waals surface area contributed by atoms with Gasteiger partial charge in [0.1, 0.15) is 0 Å². The van der Waals surface area contributed by atoms with Crippen LogP contribution in [0, 0.1) is 12.8 Å². The number of hydrogen-bond acceptors (Lipinski definition) is 3. The van der Waals surface area contributed by atoms with Gasteiger partial charge in [0, 0.05) is 12.6 Å². The molecule has 3 N–H and O–H groups in total. The molecule has 0 bridgehead atoms. The summed E-state index contributed by atoms with van der Waals surface area (Å²) in [6.45, 7) is 4.21. The quantitative estimate of drug-likeness (QED) is 0.728. The molecule has 2 nitrogen and oxygen atoms in total. The van der Waals surface area contributed by atoms with Gasteiger partial charge >= 0.3 is 0 Å². The van der Waals surface area contributed by atoms with Crippen molar-refractivity contribution in [1.82, 2.24) is 5.32 Å². The molecule has 1 heterocycles. The van der Waals surface area contributed by atoms with Crippen molar-refractivity contribution in [2.24, 2.45) is 11.7 Å². The van der Waals surface area contributed by atoms with Crippen molar-refractivity contribution in [3.8, 4) is 0 Å². The second-order valence-corrected chi connectivity index (χ2v) is 5.29. The summed E-state index contributed by atoms with van der Waals surface area (Å²) in [6.07, 6.45) is 3.82. The number of hydrogen-bond donors (Lipinski definition) is 2. The molecule has 1 fully saturated rings. The molecule has 0 spiro atoms. The van der Waals surface area contributed by atoms with E-state index in [1.165, 1.54) is 24.0 Å². The molecule has 1 aromatic rings. The van der Waals surface area contributed by atoms with Gasteiger partial charge in [-0.05, 0) is 60.5 Å². The van der Waals surface area contributed by atoms with Crippen LogP contribution in [0.3, 0.4) is 0 Å². The van der Waals surface area contributed by atoms with Crippen LogP contribution in [0.25, 0.3) is 0 Å². The molecule has 3 heteroatoms. The third-order valence-corrected chi connectivity index (χ3v) is 4.07. The maximum atomic E-state index is 6.03. The van der Waals surface area contributed by atoms with Gasteiger partial charge in [0.25, 0.3) is 0 Å². The fraction of sp³-hybridized carbons (Fsp3) is 0.667. The number of aryl methyl sites for hydroxylation is 1. The molecule has 1 saturated carbocycles. The van der Waals surface area contributed by atoms with Gasteiger partial charge in [-0.3, -0.25) is 0 Å². The summed E-state index contributed by atoms with van der Waals surface area (Å²) in [5.41, 5.74) is 8.86. The van der Waals surface area contributed by atoms with Crippen LogP contribution < -0.4 is 11.1 Å². The SMILES string of the molecule is Cc1cscc1CNCCC(N)C1CC1. The fourth-order valence-corrected chi connectivity index (χ4v) is 2.68. The van der Waals surface area contributed by atoms with E-state index in [1.807, 2.05) is 0 Å². The monoisotopic (exact) mass is 224 g/mol. The highest BCUT2D eigenvalue weighted by molar-refractivity contribution is 7.08. The van der Waals surface area contributed by atoms with E-state index >= 15 is 0 Å². The van der Waals surface area contributed by atoms with Gasteiger partial charge in [-0.25, -0.2) is 0 Å². The first kappa shape index (κ1) is 11.1. The zero-order valence-corrected chi connectivity index (χ0v) is 10.1. The average molecular weight is 224 g/mol. The molecule has 1 aromatic heterocycles. The Morgan fingerprint density at radius 2 is 2.33 bits per heavy atom. The standard InChI is InChI=1S/C12H20N2S/c1-9-7-15-8-11(9)6-14-5-4-12(13)10-2-3-10/h7-8,10,12,14H,2-6,13H2,1H3. The first-order valence-corrected chi connectivity index (χ1v) is 6.69. The van der Waals surface area contributed by atoms with Crippen LogP contribution in [0.4, 0.5) is 0 Å². The van der Waals surface area contributed by atoms with E-state index in [9.17, 15) is 0 Å². The van der Waals surface area contributed by atoms with Gasteiger partial charge in [0.2, 0.25) is 0 Å². The van der Waals surface area contributed by atoms with E-state index in [0.717, 1.165) is 25.4 Å². The Balaban J connectivity index is 1.60. The van der Waals surface area contributed by atoms with Gasteiger partial charge in [0.05, 0.1) is 0 Å². The normalized spacial score (nSPS) is 18.0. The van der Waals surface area contributed by atoms with E-state index in [2.05, 4.69) is 23.0 Å². The molecular formula is C12H20N2S. The summed E-state index contributed by atoms with van der Waals surface area (Å²) in [6, 6.07) is 0.432. The van der Waals surface area contributed by atoms with Crippen molar-refractivity contribution in [2.45, 2.75) is 38.8 Å². The maximum Gasteiger partial charge on any atom is 0.0216 e. The minimum Gasteiger partial charge on any atom is -0.327 e. The summed E-state index contributed by atoms with van der Waals surface area (Å²) in [7, 11) is 0. The molecule has 1 atom stereocenters. The molecule has 0 amide bonds. The molecule has 0 aliphatic heterocycles. The molecule has 0 radical (unpaired) electrons. The summed E-state index contributed by atoms with van der Waals surface area (Å²) in [5, 5.41) is 7.90. The van der Waals surface area contributed by atoms with Crippen molar-refractivity contribution < 1.29 is 0 Å². The molecule has 1 aliphatic carbocycles. The molecule has 2 rings (SSSR count). The second-order valence-electron chi connectivity index (χ2n) is 4.55. The van der Waals surface area contributed by atoms with Crippen LogP contribution in [0.5, 0.6) is 0 Å². The number of thiophene rings is 1. The molecule has 84 valence electrons. The van der Waals surface area contributed by atoms with Gasteiger partial charge < -0.3 is 11.1 Å². The molecule has 15 heavy (non-hydrogen) atoms. The van der Waals surface area contributed by atoms with Gasteiger partial charge in [0.15, 0.2) is 0 Å². The largest absolute Gasteiger partial charge is 0.327 e. The highest BCUT2D eigenvalue weighted by Gasteiger charge is 2.27. The lowest BCUT2D eigenvalue weighted by atomic mass is 10.1. The first-order valence-electron chi connectivity index (χ1n) is 5.75. The van der Waals surface area contributed by atoms with Crippen molar-refractivity contribution in [3.63, 3.8) is 0 Å². The van der Waals surface area contributed by atoms with Crippen LogP contribution in [0.15, 0.2) is 10.8 Å². The predicted molar refractivity (Wildman–Crippen MR) is 66.1 cm³/mol. The van der Waals surface area contributed by atoms with Crippen LogP contribution in [0.1, 0.15) is 30.4 Å². The first-order chi connectivity index (χ1) is 7.27. The van der Waals surface area contributed by atoms with E-state index < -0.39 is 0 Å². The Hall–Kier alpha value is -0.380. The summed E-state index contributed by atoms with van der Waals surface area (Å²) in [5.74, 6) is 0.828. The van der Waals surface area contributed by atoms with Crippen LogP contribution >= 0.6 is 11.3 Å². The lowest BCUT2D eigenvalue weighted by molar-refractivity contribution is 0.517. The van der Waals surface area contributed by atoms with E-state index in [4.69, 9.17) is 5.73 Å². The Morgan fingerprint density at radius 1 is 1.53 bits per heavy atom. The summed E-state index contributed by atoms with van der Waals surface area (Å²) < 4.78 is 0. The molecule has 0 aromatic carbocycles. The molecular weight excluding hydrogens is 204 g/mol. The van der Waals surface area contributed by atoms with Crippen LogP contribution in [-0.2, 0) is 6.54 Å². The number of nitrogens with one attached hydrogen (secondary N) is 1. The van der Waals surface area contributed by atoms with Gasteiger partial charge in [-0.1, -0.05) is 0 Å². The predicted octanol–water partition coefficient (Wildman–Crippen LogP) is 2.27. The highest BCUT2D eigenvalue weighted by atomic mass is 32.1. The molecule has 0 saturated heterocycles. The van der Waals surface area contributed by atoms with Crippen LogP contribution in [0.2, 0.25) is 0 Å². The summed E-state index contributed by atoms with van der Waals surface area (Å²) in [4.78, 5) is 0. The number of nitrogens with two attached hydrogens (primary N) is 1. The topological polar surface area (TPSA) is 38.0 Å². The van der Waals surface area contributed by atoms with Gasteiger partial charge in [-0.15, -0.1) is 0 Å². The van der Waals surface area contributed by atoms with Crippen molar-refractivity contribution in [1.29, 1.82) is 0 Å². The Labute approximate surface area is 95.9 Å². The maximum absolute atomic E-state index is 6.03. The lowest BCUT2D eigenvalue weighted by Crippen LogP contribution is -2.28. The highest BCUT2D eigenvalue weighted by Crippen LogP contribution is 2.32. The van der Waals surface area contributed by atoms with Crippen molar-refractivity contribution >= 4 is 11.3 Å². The Bertz CT molecular complexity index is 304. The zero-order chi connectivity index (χ0) is 10.7. The molecule has 1 unspecified atom stereocenters. The van der Waals surface area contributed by atoms with Gasteiger partial charge in [-0.2, -0.15) is 11.3 Å². The smallest absolute Gasteiger partial charge is 0.0216 e.